The first kappa shape index (κ1) is 16.8. The fourth-order valence-corrected chi connectivity index (χ4v) is 3.46. The Kier molecular flexibility index (Phi) is 5.04. The third-order valence-electron chi connectivity index (χ3n) is 4.56. The van der Waals surface area contributed by atoms with Gasteiger partial charge in [0.1, 0.15) is 5.75 Å². The molecule has 1 unspecified atom stereocenters. The number of nitrogens with one attached hydrogen (secondary N) is 2. The maximum absolute atomic E-state index is 12.8. The number of fused-ring (bicyclic) bond motifs is 1. The van der Waals surface area contributed by atoms with Gasteiger partial charge in [0, 0.05) is 5.69 Å². The van der Waals surface area contributed by atoms with E-state index in [2.05, 4.69) is 29.4 Å². The largest absolute Gasteiger partial charge is 0.482 e. The topological polar surface area (TPSA) is 70.7 Å². The first-order valence-corrected chi connectivity index (χ1v) is 8.66. The maximum Gasteiger partial charge on any atom is 0.262 e. The normalized spacial score (nSPS) is 19.2. The number of piperidine rings is 1. The molecule has 3 rings (SSSR count). The molecule has 1 aromatic rings. The van der Waals surface area contributed by atoms with E-state index >= 15 is 0 Å². The standard InChI is InChI=1S/C18H25N3O3/c1-12(2)17(21-8-4-3-5-9-21)18(23)19-13-6-7-15-14(10-13)20-16(22)11-24-15/h6-7,10,12,17H,3-5,8-9,11H2,1-2H3,(H,19,23)(H,20,22). The van der Waals surface area contributed by atoms with E-state index in [0.717, 1.165) is 25.9 Å². The number of hydrogen-bond donors (Lipinski definition) is 2. The van der Waals surface area contributed by atoms with E-state index in [1.165, 1.54) is 6.42 Å². The molecule has 0 bridgehead atoms. The molecule has 6 nitrogen and oxygen atoms in total. The fourth-order valence-electron chi connectivity index (χ4n) is 3.46. The van der Waals surface area contributed by atoms with E-state index in [0.29, 0.717) is 17.1 Å². The van der Waals surface area contributed by atoms with Crippen molar-refractivity contribution in [1.29, 1.82) is 0 Å². The third kappa shape index (κ3) is 3.70. The molecule has 0 aromatic heterocycles. The summed E-state index contributed by atoms with van der Waals surface area (Å²) in [5.41, 5.74) is 1.27. The van der Waals surface area contributed by atoms with Gasteiger partial charge in [-0.1, -0.05) is 20.3 Å². The predicted molar refractivity (Wildman–Crippen MR) is 93.2 cm³/mol. The van der Waals surface area contributed by atoms with Gasteiger partial charge in [-0.25, -0.2) is 0 Å². The molecule has 2 amide bonds. The molecule has 0 spiro atoms. The Balaban J connectivity index is 1.72. The average Bonchev–Trinajstić information content (AvgIpc) is 2.55. The number of anilines is 2. The van der Waals surface area contributed by atoms with Gasteiger partial charge < -0.3 is 15.4 Å². The summed E-state index contributed by atoms with van der Waals surface area (Å²) in [5.74, 6) is 0.696. The van der Waals surface area contributed by atoms with Gasteiger partial charge in [0.2, 0.25) is 5.91 Å². The third-order valence-corrected chi connectivity index (χ3v) is 4.56. The zero-order chi connectivity index (χ0) is 17.1. The number of rotatable bonds is 4. The summed E-state index contributed by atoms with van der Waals surface area (Å²) in [6.07, 6.45) is 3.55. The van der Waals surface area contributed by atoms with E-state index in [1.807, 2.05) is 6.07 Å². The quantitative estimate of drug-likeness (QED) is 0.889. The van der Waals surface area contributed by atoms with Gasteiger partial charge >= 0.3 is 0 Å². The van der Waals surface area contributed by atoms with Gasteiger partial charge in [0.15, 0.2) is 6.61 Å². The Morgan fingerprint density at radius 1 is 1.25 bits per heavy atom. The zero-order valence-electron chi connectivity index (χ0n) is 14.3. The van der Waals surface area contributed by atoms with Crippen LogP contribution in [0.25, 0.3) is 0 Å². The van der Waals surface area contributed by atoms with E-state index in [4.69, 9.17) is 4.74 Å². The van der Waals surface area contributed by atoms with Crippen molar-refractivity contribution < 1.29 is 14.3 Å². The van der Waals surface area contributed by atoms with Crippen molar-refractivity contribution in [3.05, 3.63) is 18.2 Å². The predicted octanol–water partition coefficient (Wildman–Crippen LogP) is 2.47. The Bertz CT molecular complexity index is 624. The first-order valence-electron chi connectivity index (χ1n) is 8.66. The first-order chi connectivity index (χ1) is 11.5. The number of likely N-dealkylation sites (tertiary alicyclic amines) is 1. The maximum atomic E-state index is 12.8. The average molecular weight is 331 g/mol. The number of benzene rings is 1. The highest BCUT2D eigenvalue weighted by molar-refractivity contribution is 5.98. The van der Waals surface area contributed by atoms with Crippen LogP contribution in [0.15, 0.2) is 18.2 Å². The van der Waals surface area contributed by atoms with Crippen LogP contribution in [0.4, 0.5) is 11.4 Å². The summed E-state index contributed by atoms with van der Waals surface area (Å²) < 4.78 is 5.34. The fraction of sp³-hybridized carbons (Fsp3) is 0.556. The van der Waals surface area contributed by atoms with Gasteiger partial charge in [-0.3, -0.25) is 14.5 Å². The van der Waals surface area contributed by atoms with Crippen LogP contribution >= 0.6 is 0 Å². The Hall–Kier alpha value is -2.08. The summed E-state index contributed by atoms with van der Waals surface area (Å²) in [5, 5.41) is 5.76. The van der Waals surface area contributed by atoms with Crippen molar-refractivity contribution in [1.82, 2.24) is 4.90 Å². The van der Waals surface area contributed by atoms with Crippen LogP contribution in [0.1, 0.15) is 33.1 Å². The molecule has 0 aliphatic carbocycles. The summed E-state index contributed by atoms with van der Waals surface area (Å²) in [6.45, 7) is 6.15. The van der Waals surface area contributed by atoms with Crippen molar-refractivity contribution in [2.24, 2.45) is 5.92 Å². The van der Waals surface area contributed by atoms with Gasteiger partial charge in [-0.05, 0) is 50.0 Å². The molecule has 2 N–H and O–H groups in total. The van der Waals surface area contributed by atoms with Gasteiger partial charge in [-0.2, -0.15) is 0 Å². The van der Waals surface area contributed by atoms with Crippen molar-refractivity contribution >= 4 is 23.2 Å². The van der Waals surface area contributed by atoms with Gasteiger partial charge in [0.25, 0.3) is 5.91 Å². The van der Waals surface area contributed by atoms with E-state index in [1.54, 1.807) is 12.1 Å². The lowest BCUT2D eigenvalue weighted by Crippen LogP contribution is -2.49. The lowest BCUT2D eigenvalue weighted by molar-refractivity contribution is -0.123. The van der Waals surface area contributed by atoms with Crippen LogP contribution < -0.4 is 15.4 Å². The van der Waals surface area contributed by atoms with E-state index in [9.17, 15) is 9.59 Å². The van der Waals surface area contributed by atoms with E-state index in [-0.39, 0.29) is 30.4 Å². The Morgan fingerprint density at radius 3 is 2.71 bits per heavy atom. The molecule has 1 fully saturated rings. The molecule has 2 aliphatic heterocycles. The molecular formula is C18H25N3O3. The number of hydrogen-bond acceptors (Lipinski definition) is 4. The van der Waals surface area contributed by atoms with Crippen LogP contribution in [-0.4, -0.2) is 42.5 Å². The van der Waals surface area contributed by atoms with Crippen LogP contribution in [-0.2, 0) is 9.59 Å². The second-order valence-corrected chi connectivity index (χ2v) is 6.82. The van der Waals surface area contributed by atoms with Crippen LogP contribution in [0.3, 0.4) is 0 Å². The van der Waals surface area contributed by atoms with Crippen molar-refractivity contribution in [2.45, 2.75) is 39.2 Å². The lowest BCUT2D eigenvalue weighted by atomic mass is 9.98. The Morgan fingerprint density at radius 2 is 2.00 bits per heavy atom. The molecule has 2 aliphatic rings. The smallest absolute Gasteiger partial charge is 0.262 e. The second-order valence-electron chi connectivity index (χ2n) is 6.82. The SMILES string of the molecule is CC(C)C(C(=O)Nc1ccc2c(c1)NC(=O)CO2)N1CCCCC1. The molecule has 0 radical (unpaired) electrons. The zero-order valence-corrected chi connectivity index (χ0v) is 14.3. The molecule has 0 saturated carbocycles. The highest BCUT2D eigenvalue weighted by Crippen LogP contribution is 2.30. The van der Waals surface area contributed by atoms with Crippen molar-refractivity contribution in [2.75, 3.05) is 30.3 Å². The minimum absolute atomic E-state index is 0.00917. The minimum Gasteiger partial charge on any atom is -0.482 e. The minimum atomic E-state index is -0.181. The molecule has 1 aromatic carbocycles. The Labute approximate surface area is 142 Å². The highest BCUT2D eigenvalue weighted by atomic mass is 16.5. The monoisotopic (exact) mass is 331 g/mol. The number of nitrogens with zero attached hydrogens (tertiary/aromatic N) is 1. The van der Waals surface area contributed by atoms with Crippen molar-refractivity contribution in [3.8, 4) is 5.75 Å². The van der Waals surface area contributed by atoms with Gasteiger partial charge in [0.05, 0.1) is 11.7 Å². The summed E-state index contributed by atoms with van der Waals surface area (Å²) in [6, 6.07) is 5.20. The molecule has 6 heteroatoms. The van der Waals surface area contributed by atoms with E-state index < -0.39 is 0 Å². The summed E-state index contributed by atoms with van der Waals surface area (Å²) >= 11 is 0. The van der Waals surface area contributed by atoms with Gasteiger partial charge in [-0.15, -0.1) is 0 Å². The summed E-state index contributed by atoms with van der Waals surface area (Å²) in [4.78, 5) is 26.5. The number of carbonyl (C=O) groups excluding carboxylic acids is 2. The molecule has 24 heavy (non-hydrogen) atoms. The van der Waals surface area contributed by atoms with Crippen LogP contribution in [0.2, 0.25) is 0 Å². The van der Waals surface area contributed by atoms with Crippen LogP contribution in [0, 0.1) is 5.92 Å². The highest BCUT2D eigenvalue weighted by Gasteiger charge is 2.30. The molecular weight excluding hydrogens is 306 g/mol. The number of amides is 2. The summed E-state index contributed by atoms with van der Waals surface area (Å²) in [7, 11) is 0. The number of carbonyl (C=O) groups is 2. The lowest BCUT2D eigenvalue weighted by Gasteiger charge is -2.35. The van der Waals surface area contributed by atoms with Crippen LogP contribution in [0.5, 0.6) is 5.75 Å². The second kappa shape index (κ2) is 7.21. The van der Waals surface area contributed by atoms with Crippen molar-refractivity contribution in [3.63, 3.8) is 0 Å². The molecule has 1 atom stereocenters. The molecule has 1 saturated heterocycles. The molecule has 130 valence electrons. The number of ether oxygens (including phenoxy) is 1. The molecule has 2 heterocycles.